The van der Waals surface area contributed by atoms with Crippen molar-refractivity contribution in [1.82, 2.24) is 10.5 Å². The third-order valence-corrected chi connectivity index (χ3v) is 3.16. The average molecular weight is 289 g/mol. The number of aromatic nitrogens is 1. The maximum atomic E-state index is 11.7. The van der Waals surface area contributed by atoms with Gasteiger partial charge in [0.1, 0.15) is 18.1 Å². The molecule has 0 radical (unpaired) electrons. The summed E-state index contributed by atoms with van der Waals surface area (Å²) in [5, 5.41) is 6.59. The quantitative estimate of drug-likeness (QED) is 0.823. The third kappa shape index (κ3) is 3.34. The summed E-state index contributed by atoms with van der Waals surface area (Å²) in [6.45, 7) is 6.45. The Kier molecular flexibility index (Phi) is 4.47. The first-order chi connectivity index (χ1) is 10.0. The molecule has 3 N–H and O–H groups in total. The summed E-state index contributed by atoms with van der Waals surface area (Å²) >= 11 is 0. The van der Waals surface area contributed by atoms with Gasteiger partial charge >= 0.3 is 0 Å². The highest BCUT2D eigenvalue weighted by Crippen LogP contribution is 2.24. The number of anilines is 1. The molecule has 21 heavy (non-hydrogen) atoms. The van der Waals surface area contributed by atoms with E-state index in [-0.39, 0.29) is 5.91 Å². The lowest BCUT2D eigenvalue weighted by Crippen LogP contribution is -2.22. The maximum absolute atomic E-state index is 11.7. The van der Waals surface area contributed by atoms with E-state index in [0.29, 0.717) is 30.2 Å². The number of carbonyl (C=O) groups is 1. The summed E-state index contributed by atoms with van der Waals surface area (Å²) in [6, 6.07) is 4.98. The molecule has 1 amide bonds. The number of nitrogen functional groups attached to an aromatic ring is 1. The van der Waals surface area contributed by atoms with Crippen molar-refractivity contribution in [3.05, 3.63) is 40.8 Å². The number of hydrogen-bond acceptors (Lipinski definition) is 5. The van der Waals surface area contributed by atoms with Crippen LogP contribution in [0.5, 0.6) is 5.75 Å². The lowest BCUT2D eigenvalue weighted by Gasteiger charge is -2.10. The summed E-state index contributed by atoms with van der Waals surface area (Å²) in [4.78, 5) is 11.7. The topological polar surface area (TPSA) is 90.4 Å². The number of nitrogens with one attached hydrogen (secondary N) is 1. The van der Waals surface area contributed by atoms with Gasteiger partial charge in [-0.25, -0.2) is 0 Å². The summed E-state index contributed by atoms with van der Waals surface area (Å²) in [6.07, 6.45) is 0. The van der Waals surface area contributed by atoms with E-state index in [1.165, 1.54) is 0 Å². The van der Waals surface area contributed by atoms with Crippen LogP contribution in [0.3, 0.4) is 0 Å². The highest BCUT2D eigenvalue weighted by atomic mass is 16.5. The first kappa shape index (κ1) is 14.9. The van der Waals surface area contributed by atoms with E-state index in [2.05, 4.69) is 10.5 Å². The Morgan fingerprint density at radius 2 is 2.19 bits per heavy atom. The second-order valence-electron chi connectivity index (χ2n) is 4.70. The summed E-state index contributed by atoms with van der Waals surface area (Å²) < 4.78 is 10.8. The fourth-order valence-electron chi connectivity index (χ4n) is 1.94. The largest absolute Gasteiger partial charge is 0.487 e. The van der Waals surface area contributed by atoms with E-state index in [1.54, 1.807) is 18.2 Å². The number of nitrogens with two attached hydrogens (primary N) is 1. The second kappa shape index (κ2) is 6.30. The molecule has 2 aromatic rings. The lowest BCUT2D eigenvalue weighted by molar-refractivity contribution is 0.0956. The van der Waals surface area contributed by atoms with Crippen LogP contribution in [0.2, 0.25) is 0 Å². The van der Waals surface area contributed by atoms with Crippen LogP contribution in [-0.2, 0) is 6.61 Å². The fourth-order valence-corrected chi connectivity index (χ4v) is 1.94. The smallest absolute Gasteiger partial charge is 0.251 e. The molecule has 2 rings (SSSR count). The van der Waals surface area contributed by atoms with Crippen LogP contribution in [0.15, 0.2) is 22.7 Å². The van der Waals surface area contributed by atoms with Crippen molar-refractivity contribution in [2.75, 3.05) is 12.3 Å². The van der Waals surface area contributed by atoms with Crippen LogP contribution < -0.4 is 15.8 Å². The van der Waals surface area contributed by atoms with Gasteiger partial charge in [-0.2, -0.15) is 0 Å². The molecular weight excluding hydrogens is 270 g/mol. The van der Waals surface area contributed by atoms with Gasteiger partial charge in [0.25, 0.3) is 5.91 Å². The summed E-state index contributed by atoms with van der Waals surface area (Å²) in [5.74, 6) is 1.11. The fraction of sp³-hybridized carbons (Fsp3) is 0.333. The van der Waals surface area contributed by atoms with Gasteiger partial charge in [0.05, 0.1) is 16.9 Å². The Hall–Kier alpha value is -2.50. The Bertz CT molecular complexity index is 630. The van der Waals surface area contributed by atoms with Crippen molar-refractivity contribution in [2.45, 2.75) is 27.4 Å². The molecule has 6 nitrogen and oxygen atoms in total. The molecule has 0 unspecified atom stereocenters. The second-order valence-corrected chi connectivity index (χ2v) is 4.70. The molecule has 1 heterocycles. The van der Waals surface area contributed by atoms with Crippen molar-refractivity contribution in [2.24, 2.45) is 0 Å². The normalized spacial score (nSPS) is 10.4. The predicted octanol–water partition coefficient (Wildman–Crippen LogP) is 2.20. The van der Waals surface area contributed by atoms with Crippen molar-refractivity contribution in [1.29, 1.82) is 0 Å². The number of ether oxygens (including phenoxy) is 1. The molecule has 6 heteroatoms. The lowest BCUT2D eigenvalue weighted by atomic mass is 10.1. The molecule has 0 fully saturated rings. The summed E-state index contributed by atoms with van der Waals surface area (Å²) in [7, 11) is 0. The van der Waals surface area contributed by atoms with Crippen LogP contribution in [0.25, 0.3) is 0 Å². The van der Waals surface area contributed by atoms with Gasteiger partial charge in [-0.3, -0.25) is 4.79 Å². The Balaban J connectivity index is 2.09. The molecule has 1 aromatic carbocycles. The first-order valence-electron chi connectivity index (χ1n) is 6.75. The minimum atomic E-state index is -0.151. The van der Waals surface area contributed by atoms with E-state index in [0.717, 1.165) is 17.0 Å². The molecule has 0 saturated carbocycles. The summed E-state index contributed by atoms with van der Waals surface area (Å²) in [5.41, 5.74) is 8.56. The number of hydrogen-bond donors (Lipinski definition) is 2. The number of nitrogens with zero attached hydrogens (tertiary/aromatic N) is 1. The van der Waals surface area contributed by atoms with Gasteiger partial charge in [-0.1, -0.05) is 5.16 Å². The number of aryl methyl sites for hydroxylation is 2. The molecule has 112 valence electrons. The van der Waals surface area contributed by atoms with Gasteiger partial charge in [0.2, 0.25) is 0 Å². The molecule has 0 bridgehead atoms. The zero-order chi connectivity index (χ0) is 15.4. The van der Waals surface area contributed by atoms with Crippen LogP contribution in [0.1, 0.15) is 34.3 Å². The monoisotopic (exact) mass is 289 g/mol. The van der Waals surface area contributed by atoms with Gasteiger partial charge in [-0.15, -0.1) is 0 Å². The van der Waals surface area contributed by atoms with Gasteiger partial charge in [-0.05, 0) is 39.0 Å². The SMILES string of the molecule is CCNC(=O)c1ccc(OCc2c(C)noc2C)c(N)c1. The highest BCUT2D eigenvalue weighted by Gasteiger charge is 2.12. The van der Waals surface area contributed by atoms with Crippen molar-refractivity contribution < 1.29 is 14.1 Å². The van der Waals surface area contributed by atoms with E-state index < -0.39 is 0 Å². The Morgan fingerprint density at radius 1 is 1.43 bits per heavy atom. The average Bonchev–Trinajstić information content (AvgIpc) is 2.77. The number of amides is 1. The molecule has 1 aromatic heterocycles. The third-order valence-electron chi connectivity index (χ3n) is 3.16. The molecule has 0 aliphatic carbocycles. The molecular formula is C15H19N3O3. The zero-order valence-electron chi connectivity index (χ0n) is 12.4. The van der Waals surface area contributed by atoms with E-state index >= 15 is 0 Å². The molecule has 0 aliphatic heterocycles. The minimum Gasteiger partial charge on any atom is -0.487 e. The van der Waals surface area contributed by atoms with Crippen LogP contribution in [0.4, 0.5) is 5.69 Å². The number of benzene rings is 1. The Labute approximate surface area is 123 Å². The van der Waals surface area contributed by atoms with Gasteiger partial charge < -0.3 is 20.3 Å². The molecule has 0 saturated heterocycles. The minimum absolute atomic E-state index is 0.151. The van der Waals surface area contributed by atoms with E-state index in [4.69, 9.17) is 15.0 Å². The van der Waals surface area contributed by atoms with Crippen LogP contribution in [0, 0.1) is 13.8 Å². The van der Waals surface area contributed by atoms with E-state index in [9.17, 15) is 4.79 Å². The van der Waals surface area contributed by atoms with Crippen molar-refractivity contribution in [3.63, 3.8) is 0 Å². The highest BCUT2D eigenvalue weighted by molar-refractivity contribution is 5.95. The van der Waals surface area contributed by atoms with Gasteiger partial charge in [0, 0.05) is 12.1 Å². The standard InChI is InChI=1S/C15H19N3O3/c1-4-17-15(19)11-5-6-14(13(16)7-11)20-8-12-9(2)18-21-10(12)3/h5-7H,4,8,16H2,1-3H3,(H,17,19). The van der Waals surface area contributed by atoms with E-state index in [1.807, 2.05) is 20.8 Å². The van der Waals surface area contributed by atoms with Crippen molar-refractivity contribution in [3.8, 4) is 5.75 Å². The van der Waals surface area contributed by atoms with Crippen LogP contribution >= 0.6 is 0 Å². The van der Waals surface area contributed by atoms with Gasteiger partial charge in [0.15, 0.2) is 0 Å². The maximum Gasteiger partial charge on any atom is 0.251 e. The molecule has 0 atom stereocenters. The Morgan fingerprint density at radius 3 is 2.76 bits per heavy atom. The predicted molar refractivity (Wildman–Crippen MR) is 79.2 cm³/mol. The number of rotatable bonds is 5. The molecule has 0 aliphatic rings. The first-order valence-corrected chi connectivity index (χ1v) is 6.75. The van der Waals surface area contributed by atoms with Crippen molar-refractivity contribution >= 4 is 11.6 Å². The number of carbonyl (C=O) groups excluding carboxylic acids is 1. The zero-order valence-corrected chi connectivity index (χ0v) is 12.4. The molecule has 0 spiro atoms. The van der Waals surface area contributed by atoms with Crippen LogP contribution in [-0.4, -0.2) is 17.6 Å².